The van der Waals surface area contributed by atoms with Crippen LogP contribution in [0.25, 0.3) is 33.5 Å². The van der Waals surface area contributed by atoms with Crippen LogP contribution in [0.5, 0.6) is 0 Å². The molecule has 0 saturated carbocycles. The van der Waals surface area contributed by atoms with Crippen LogP contribution in [0.15, 0.2) is 48.5 Å². The molecule has 1 fully saturated rings. The molecule has 2 N–H and O–H groups in total. The largest absolute Gasteiger partial charge is 0.338 e. The van der Waals surface area contributed by atoms with Crippen molar-refractivity contribution in [1.82, 2.24) is 24.8 Å². The third-order valence-electron chi connectivity index (χ3n) is 6.45. The van der Waals surface area contributed by atoms with Crippen molar-refractivity contribution in [3.63, 3.8) is 0 Å². The molecule has 2 amide bonds. The second-order valence-corrected chi connectivity index (χ2v) is 8.37. The third-order valence-corrected chi connectivity index (χ3v) is 6.45. The van der Waals surface area contributed by atoms with Gasteiger partial charge in [-0.2, -0.15) is 0 Å². The summed E-state index contributed by atoms with van der Waals surface area (Å²) >= 11 is 0. The highest BCUT2D eigenvalue weighted by Crippen LogP contribution is 2.30. The average molecular weight is 466 g/mol. The van der Waals surface area contributed by atoms with Gasteiger partial charge in [-0.1, -0.05) is 18.2 Å². The number of nitrogens with one attached hydrogen (secondary N) is 2. The first-order chi connectivity index (χ1) is 15.6. The van der Waals surface area contributed by atoms with Crippen LogP contribution in [0.3, 0.4) is 0 Å². The number of aromatic nitrogens is 3. The van der Waals surface area contributed by atoms with Crippen molar-refractivity contribution in [3.05, 3.63) is 54.1 Å². The number of fused-ring (bicyclic) bond motifs is 2. The summed E-state index contributed by atoms with van der Waals surface area (Å²) < 4.78 is 4.30. The van der Waals surface area contributed by atoms with Crippen molar-refractivity contribution >= 4 is 46.2 Å². The Hall–Kier alpha value is -3.16. The summed E-state index contributed by atoms with van der Waals surface area (Å²) in [4.78, 5) is 30.1. The van der Waals surface area contributed by atoms with Crippen LogP contribution < -0.4 is 10.6 Å². The Balaban J connectivity index is 0.00000259. The van der Waals surface area contributed by atoms with E-state index in [0.29, 0.717) is 5.56 Å². The zero-order valence-electron chi connectivity index (χ0n) is 18.8. The summed E-state index contributed by atoms with van der Waals surface area (Å²) in [6.07, 6.45) is 1.51. The number of hydrogen-bond donors (Lipinski definition) is 2. The minimum Gasteiger partial charge on any atom is -0.338 e. The Kier molecular flexibility index (Phi) is 6.54. The number of hydrogen-bond acceptors (Lipinski definition) is 4. The third kappa shape index (κ3) is 4.14. The Morgan fingerprint density at radius 2 is 1.85 bits per heavy atom. The lowest BCUT2D eigenvalue weighted by molar-refractivity contribution is -0.124. The van der Waals surface area contributed by atoms with Gasteiger partial charge in [0, 0.05) is 36.0 Å². The highest BCUT2D eigenvalue weighted by molar-refractivity contribution is 6.06. The van der Waals surface area contributed by atoms with E-state index >= 15 is 0 Å². The molecule has 1 aliphatic heterocycles. The van der Waals surface area contributed by atoms with Gasteiger partial charge in [-0.05, 0) is 63.2 Å². The molecule has 172 valence electrons. The molecule has 2 aromatic carbocycles. The SMILES string of the molecule is CCn1c(-c2nc3cc(C(=O)NC(=O)C4CCNCC4)ccc3n2C)cc2ccccc21.Cl. The lowest BCUT2D eigenvalue weighted by atomic mass is 9.97. The van der Waals surface area contributed by atoms with Crippen LogP contribution in [-0.2, 0) is 18.4 Å². The molecule has 0 radical (unpaired) electrons. The number of amides is 2. The molecular formula is C25H28ClN5O2. The fourth-order valence-electron chi connectivity index (χ4n) is 4.68. The summed E-state index contributed by atoms with van der Waals surface area (Å²) in [7, 11) is 1.99. The lowest BCUT2D eigenvalue weighted by Crippen LogP contribution is -2.40. The van der Waals surface area contributed by atoms with E-state index in [1.807, 2.05) is 25.2 Å². The maximum atomic E-state index is 12.7. The number of carbonyl (C=O) groups is 2. The molecule has 3 heterocycles. The molecule has 1 saturated heterocycles. The molecule has 0 bridgehead atoms. The monoisotopic (exact) mass is 465 g/mol. The van der Waals surface area contributed by atoms with Crippen molar-refractivity contribution in [2.24, 2.45) is 13.0 Å². The molecular weight excluding hydrogens is 438 g/mol. The number of nitrogens with zero attached hydrogens (tertiary/aromatic N) is 3. The molecule has 0 atom stereocenters. The number of benzene rings is 2. The van der Waals surface area contributed by atoms with E-state index in [-0.39, 0.29) is 30.1 Å². The van der Waals surface area contributed by atoms with Gasteiger partial charge in [-0.3, -0.25) is 14.9 Å². The summed E-state index contributed by atoms with van der Waals surface area (Å²) in [6.45, 7) is 4.58. The molecule has 33 heavy (non-hydrogen) atoms. The van der Waals surface area contributed by atoms with Crippen molar-refractivity contribution in [2.45, 2.75) is 26.3 Å². The summed E-state index contributed by atoms with van der Waals surface area (Å²) in [5.74, 6) is 0.179. The quantitative estimate of drug-likeness (QED) is 0.448. The number of carbonyl (C=O) groups excluding carboxylic acids is 2. The molecule has 0 unspecified atom stereocenters. The van der Waals surface area contributed by atoms with Crippen LogP contribution >= 0.6 is 12.4 Å². The zero-order chi connectivity index (χ0) is 22.2. The standard InChI is InChI=1S/C25H27N5O2.ClH/c1-3-30-20-7-5-4-6-17(20)15-22(30)23-27-19-14-18(8-9-21(19)29(23)2)25(32)28-24(31)16-10-12-26-13-11-16;/h4-9,14-16,26H,3,10-13H2,1-2H3,(H,28,31,32);1H. The van der Waals surface area contributed by atoms with Crippen LogP contribution in [0.4, 0.5) is 0 Å². The van der Waals surface area contributed by atoms with E-state index in [4.69, 9.17) is 4.98 Å². The van der Waals surface area contributed by atoms with E-state index in [2.05, 4.69) is 44.9 Å². The molecule has 5 rings (SSSR count). The van der Waals surface area contributed by atoms with Gasteiger partial charge < -0.3 is 14.5 Å². The topological polar surface area (TPSA) is 80.9 Å². The first-order valence-electron chi connectivity index (χ1n) is 11.2. The van der Waals surface area contributed by atoms with E-state index in [9.17, 15) is 9.59 Å². The van der Waals surface area contributed by atoms with Crippen LogP contribution in [0, 0.1) is 5.92 Å². The molecule has 7 nitrogen and oxygen atoms in total. The zero-order valence-corrected chi connectivity index (χ0v) is 19.6. The van der Waals surface area contributed by atoms with Crippen molar-refractivity contribution in [3.8, 4) is 11.5 Å². The first-order valence-corrected chi connectivity index (χ1v) is 11.2. The number of imide groups is 1. The Morgan fingerprint density at radius 1 is 1.09 bits per heavy atom. The maximum absolute atomic E-state index is 12.7. The van der Waals surface area contributed by atoms with Gasteiger partial charge in [0.15, 0.2) is 5.82 Å². The molecule has 2 aromatic heterocycles. The predicted molar refractivity (Wildman–Crippen MR) is 133 cm³/mol. The summed E-state index contributed by atoms with van der Waals surface area (Å²) in [5, 5.41) is 6.98. The maximum Gasteiger partial charge on any atom is 0.257 e. The van der Waals surface area contributed by atoms with Crippen LogP contribution in [0.2, 0.25) is 0 Å². The number of piperidine rings is 1. The highest BCUT2D eigenvalue weighted by atomic mass is 35.5. The van der Waals surface area contributed by atoms with Gasteiger partial charge >= 0.3 is 0 Å². The molecule has 0 spiro atoms. The van der Waals surface area contributed by atoms with E-state index < -0.39 is 0 Å². The predicted octanol–water partition coefficient (Wildman–Crippen LogP) is 3.89. The van der Waals surface area contributed by atoms with Gasteiger partial charge in [0.1, 0.15) is 0 Å². The smallest absolute Gasteiger partial charge is 0.257 e. The van der Waals surface area contributed by atoms with Crippen LogP contribution in [0.1, 0.15) is 30.1 Å². The van der Waals surface area contributed by atoms with Crippen molar-refractivity contribution in [2.75, 3.05) is 13.1 Å². The number of imidazole rings is 1. The van der Waals surface area contributed by atoms with E-state index in [1.54, 1.807) is 12.1 Å². The fraction of sp³-hybridized carbons (Fsp3) is 0.320. The lowest BCUT2D eigenvalue weighted by Gasteiger charge is -2.21. The van der Waals surface area contributed by atoms with E-state index in [0.717, 1.165) is 55.0 Å². The molecule has 0 aliphatic carbocycles. The normalized spacial score (nSPS) is 14.4. The van der Waals surface area contributed by atoms with Crippen molar-refractivity contribution < 1.29 is 9.59 Å². The Bertz CT molecular complexity index is 1330. The first kappa shape index (κ1) is 23.0. The van der Waals surface area contributed by atoms with Gasteiger partial charge in [-0.15, -0.1) is 12.4 Å². The van der Waals surface area contributed by atoms with E-state index in [1.165, 1.54) is 10.9 Å². The number of aryl methyl sites for hydroxylation is 2. The molecule has 1 aliphatic rings. The molecule has 4 aromatic rings. The summed E-state index contributed by atoms with van der Waals surface area (Å²) in [6, 6.07) is 15.9. The van der Waals surface area contributed by atoms with Crippen LogP contribution in [-0.4, -0.2) is 39.0 Å². The number of rotatable bonds is 4. The van der Waals surface area contributed by atoms with Gasteiger partial charge in [0.2, 0.25) is 5.91 Å². The summed E-state index contributed by atoms with van der Waals surface area (Å²) in [5.41, 5.74) is 4.33. The van der Waals surface area contributed by atoms with Gasteiger partial charge in [0.25, 0.3) is 5.91 Å². The second-order valence-electron chi connectivity index (χ2n) is 8.37. The van der Waals surface area contributed by atoms with Gasteiger partial charge in [0.05, 0.1) is 16.7 Å². The molecule has 8 heteroatoms. The second kappa shape index (κ2) is 9.37. The minimum atomic E-state index is -0.370. The number of halogens is 1. The Morgan fingerprint density at radius 3 is 2.61 bits per heavy atom. The highest BCUT2D eigenvalue weighted by Gasteiger charge is 2.23. The van der Waals surface area contributed by atoms with Crippen molar-refractivity contribution in [1.29, 1.82) is 0 Å². The average Bonchev–Trinajstić information content (AvgIpc) is 3.36. The minimum absolute atomic E-state index is 0. The Labute approximate surface area is 198 Å². The number of para-hydroxylation sites is 1. The van der Waals surface area contributed by atoms with Gasteiger partial charge in [-0.25, -0.2) is 4.98 Å². The fourth-order valence-corrected chi connectivity index (χ4v) is 4.68.